The van der Waals surface area contributed by atoms with Crippen molar-refractivity contribution >= 4 is 39.2 Å². The molecule has 4 rings (SSSR count). The second-order valence-corrected chi connectivity index (χ2v) is 9.00. The zero-order valence-corrected chi connectivity index (χ0v) is 18.7. The number of carbonyl (C=O) groups excluding carboxylic acids is 1. The lowest BCUT2D eigenvalue weighted by atomic mass is 10.1. The van der Waals surface area contributed by atoms with Gasteiger partial charge < -0.3 is 10.3 Å². The number of fused-ring (bicyclic) bond motifs is 1. The minimum absolute atomic E-state index is 0.106. The average Bonchev–Trinajstić information content (AvgIpc) is 3.19. The first-order chi connectivity index (χ1) is 15.4. The summed E-state index contributed by atoms with van der Waals surface area (Å²) >= 11 is 2.69. The molecule has 0 radical (unpaired) electrons. The van der Waals surface area contributed by atoms with E-state index in [4.69, 9.17) is 0 Å². The van der Waals surface area contributed by atoms with E-state index < -0.39 is 17.7 Å². The van der Waals surface area contributed by atoms with Gasteiger partial charge in [-0.05, 0) is 18.6 Å². The lowest BCUT2D eigenvalue weighted by Gasteiger charge is -2.15. The Kier molecular flexibility index (Phi) is 6.66. The van der Waals surface area contributed by atoms with Crippen LogP contribution in [0.5, 0.6) is 0 Å². The second kappa shape index (κ2) is 9.62. The number of hydrogen-bond acceptors (Lipinski definition) is 5. The number of hydrogen-bond donors (Lipinski definition) is 2. The number of thiophene rings is 1. The summed E-state index contributed by atoms with van der Waals surface area (Å²) in [6.45, 7) is 1.63. The fourth-order valence-electron chi connectivity index (χ4n) is 3.35. The highest BCUT2D eigenvalue weighted by atomic mass is 32.2. The van der Waals surface area contributed by atoms with E-state index in [-0.39, 0.29) is 22.8 Å². The summed E-state index contributed by atoms with van der Waals surface area (Å²) in [6, 6.07) is 12.3. The van der Waals surface area contributed by atoms with E-state index >= 15 is 0 Å². The van der Waals surface area contributed by atoms with E-state index in [1.54, 1.807) is 6.92 Å². The van der Waals surface area contributed by atoms with Gasteiger partial charge in [0.05, 0.1) is 22.9 Å². The van der Waals surface area contributed by atoms with Crippen LogP contribution in [0, 0.1) is 11.6 Å². The Morgan fingerprint density at radius 3 is 2.75 bits per heavy atom. The van der Waals surface area contributed by atoms with Gasteiger partial charge in [-0.2, -0.15) is 0 Å². The van der Waals surface area contributed by atoms with Gasteiger partial charge >= 0.3 is 0 Å². The number of amides is 1. The lowest BCUT2D eigenvalue weighted by molar-refractivity contribution is -0.119. The Labute approximate surface area is 190 Å². The van der Waals surface area contributed by atoms with E-state index in [0.29, 0.717) is 21.8 Å². The minimum atomic E-state index is -0.702. The van der Waals surface area contributed by atoms with Crippen molar-refractivity contribution < 1.29 is 13.6 Å². The van der Waals surface area contributed by atoms with Crippen LogP contribution in [-0.4, -0.2) is 21.6 Å². The molecule has 0 spiro atoms. The zero-order chi connectivity index (χ0) is 22.7. The third-order valence-corrected chi connectivity index (χ3v) is 6.67. The van der Waals surface area contributed by atoms with Crippen LogP contribution in [-0.2, 0) is 10.5 Å². The molecule has 0 bridgehead atoms. The van der Waals surface area contributed by atoms with Crippen molar-refractivity contribution in [3.63, 3.8) is 0 Å². The number of nitrogens with one attached hydrogen (secondary N) is 2. The van der Waals surface area contributed by atoms with Crippen LogP contribution < -0.4 is 10.9 Å². The number of carbonyl (C=O) groups is 1. The quantitative estimate of drug-likeness (QED) is 0.396. The van der Waals surface area contributed by atoms with Gasteiger partial charge in [-0.15, -0.1) is 23.1 Å². The smallest absolute Gasteiger partial charge is 0.260 e. The van der Waals surface area contributed by atoms with Crippen LogP contribution in [0.25, 0.3) is 21.3 Å². The predicted molar refractivity (Wildman–Crippen MR) is 125 cm³/mol. The van der Waals surface area contributed by atoms with Crippen molar-refractivity contribution in [1.82, 2.24) is 15.3 Å². The minimum Gasteiger partial charge on any atom is -0.349 e. The third-order valence-electron chi connectivity index (χ3n) is 4.86. The first kappa shape index (κ1) is 22.2. The molecule has 0 aliphatic rings. The first-order valence-corrected chi connectivity index (χ1v) is 11.8. The van der Waals surface area contributed by atoms with Crippen LogP contribution in [0.15, 0.2) is 58.7 Å². The van der Waals surface area contributed by atoms with Crippen LogP contribution in [0.1, 0.15) is 24.4 Å². The van der Waals surface area contributed by atoms with Gasteiger partial charge in [0.25, 0.3) is 5.56 Å². The molecule has 164 valence electrons. The number of halogens is 2. The maximum Gasteiger partial charge on any atom is 0.260 e. The molecule has 2 N–H and O–H groups in total. The summed E-state index contributed by atoms with van der Waals surface area (Å²) in [4.78, 5) is 32.9. The summed E-state index contributed by atoms with van der Waals surface area (Å²) < 4.78 is 26.9. The van der Waals surface area contributed by atoms with E-state index in [2.05, 4.69) is 15.3 Å². The highest BCUT2D eigenvalue weighted by Gasteiger charge is 2.16. The second-order valence-electron chi connectivity index (χ2n) is 7.16. The summed E-state index contributed by atoms with van der Waals surface area (Å²) in [5.74, 6) is -0.728. The molecule has 5 nitrogen and oxygen atoms in total. The fraction of sp³-hybridized carbons (Fsp3) is 0.174. The Bertz CT molecular complexity index is 1320. The molecular weight excluding hydrogens is 452 g/mol. The number of nitrogens with zero attached hydrogens (tertiary/aromatic N) is 1. The molecule has 2 aromatic carbocycles. The SMILES string of the molecule is CC(NC(=O)CSCc1nc2scc(-c3ccccc3)c2c(=O)[nH]1)c1ccc(F)cc1F. The standard InChI is InChI=1S/C23H19F2N3O2S2/c1-13(16-8-7-15(24)9-18(16)25)26-20(29)12-31-11-19-27-22(30)21-17(10-32-23(21)28-19)14-5-3-2-4-6-14/h2-10,13H,11-12H2,1H3,(H,26,29)(H,27,28,30). The van der Waals surface area contributed by atoms with Gasteiger partial charge in [0.2, 0.25) is 5.91 Å². The van der Waals surface area contributed by atoms with Crippen LogP contribution in [0.3, 0.4) is 0 Å². The average molecular weight is 472 g/mol. The van der Waals surface area contributed by atoms with Crippen LogP contribution in [0.2, 0.25) is 0 Å². The Morgan fingerprint density at radius 1 is 1.22 bits per heavy atom. The topological polar surface area (TPSA) is 74.8 Å². The summed E-state index contributed by atoms with van der Waals surface area (Å²) in [5.41, 5.74) is 1.81. The largest absolute Gasteiger partial charge is 0.349 e. The van der Waals surface area contributed by atoms with Gasteiger partial charge in [-0.25, -0.2) is 13.8 Å². The molecule has 1 unspecified atom stereocenters. The van der Waals surface area contributed by atoms with Crippen LogP contribution in [0.4, 0.5) is 8.78 Å². The number of thioether (sulfide) groups is 1. The monoisotopic (exact) mass is 471 g/mol. The maximum absolute atomic E-state index is 13.9. The Hall–Kier alpha value is -3.04. The van der Waals surface area contributed by atoms with Crippen molar-refractivity contribution in [2.24, 2.45) is 0 Å². The number of rotatable bonds is 7. The molecule has 0 aliphatic carbocycles. The summed E-state index contributed by atoms with van der Waals surface area (Å²) in [7, 11) is 0. The number of benzene rings is 2. The highest BCUT2D eigenvalue weighted by Crippen LogP contribution is 2.30. The molecule has 0 saturated carbocycles. The number of H-pyrrole nitrogens is 1. The Morgan fingerprint density at radius 2 is 2.00 bits per heavy atom. The molecule has 0 aliphatic heterocycles. The molecule has 9 heteroatoms. The van der Waals surface area contributed by atoms with Gasteiger partial charge in [0, 0.05) is 22.6 Å². The highest BCUT2D eigenvalue weighted by molar-refractivity contribution is 7.99. The molecular formula is C23H19F2N3O2S2. The van der Waals surface area contributed by atoms with E-state index in [1.807, 2.05) is 35.7 Å². The first-order valence-electron chi connectivity index (χ1n) is 9.80. The van der Waals surface area contributed by atoms with Crippen LogP contribution >= 0.6 is 23.1 Å². The van der Waals surface area contributed by atoms with Gasteiger partial charge in [0.15, 0.2) is 0 Å². The van der Waals surface area contributed by atoms with Gasteiger partial charge in [-0.1, -0.05) is 36.4 Å². The number of aromatic amines is 1. The van der Waals surface area contributed by atoms with Crippen molar-refractivity contribution in [3.8, 4) is 11.1 Å². The molecule has 4 aromatic rings. The Balaban J connectivity index is 1.38. The van der Waals surface area contributed by atoms with Crippen molar-refractivity contribution in [3.05, 3.63) is 87.3 Å². The summed E-state index contributed by atoms with van der Waals surface area (Å²) in [5, 5.41) is 5.17. The maximum atomic E-state index is 13.9. The normalized spacial score (nSPS) is 12.1. The molecule has 0 fully saturated rings. The molecule has 2 heterocycles. The van der Waals surface area contributed by atoms with E-state index in [0.717, 1.165) is 23.3 Å². The van der Waals surface area contributed by atoms with Gasteiger partial charge in [0.1, 0.15) is 22.3 Å². The number of aromatic nitrogens is 2. The molecule has 2 aromatic heterocycles. The molecule has 0 saturated heterocycles. The van der Waals surface area contributed by atoms with E-state index in [9.17, 15) is 18.4 Å². The molecule has 1 atom stereocenters. The molecule has 32 heavy (non-hydrogen) atoms. The zero-order valence-electron chi connectivity index (χ0n) is 17.0. The third kappa shape index (κ3) is 4.89. The fourth-order valence-corrected chi connectivity index (χ4v) is 5.01. The molecule has 1 amide bonds. The van der Waals surface area contributed by atoms with Gasteiger partial charge in [-0.3, -0.25) is 9.59 Å². The van der Waals surface area contributed by atoms with Crippen molar-refractivity contribution in [2.75, 3.05) is 5.75 Å². The predicted octanol–water partition coefficient (Wildman–Crippen LogP) is 5.04. The van der Waals surface area contributed by atoms with E-state index in [1.165, 1.54) is 29.2 Å². The van der Waals surface area contributed by atoms with Crippen molar-refractivity contribution in [1.29, 1.82) is 0 Å². The summed E-state index contributed by atoms with van der Waals surface area (Å²) in [6.07, 6.45) is 0. The van der Waals surface area contributed by atoms with Crippen molar-refractivity contribution in [2.45, 2.75) is 18.7 Å². The lowest BCUT2D eigenvalue weighted by Crippen LogP contribution is -2.28.